The summed E-state index contributed by atoms with van der Waals surface area (Å²) in [6, 6.07) is 9.01. The predicted octanol–water partition coefficient (Wildman–Crippen LogP) is 1.10. The van der Waals surface area contributed by atoms with E-state index in [-0.39, 0.29) is 12.5 Å². The molecule has 0 fully saturated rings. The van der Waals surface area contributed by atoms with Gasteiger partial charge in [-0.15, -0.1) is 0 Å². The molecule has 0 saturated heterocycles. The highest BCUT2D eigenvalue weighted by Gasteiger charge is 2.10. The molecular formula is C19H25ClN6O2. The molecule has 8 nitrogen and oxygen atoms in total. The maximum Gasteiger partial charge on any atom is 0.251 e. The lowest BCUT2D eigenvalue weighted by Crippen LogP contribution is -2.38. The summed E-state index contributed by atoms with van der Waals surface area (Å²) in [5, 5.41) is 6.45. The second-order valence-electron chi connectivity index (χ2n) is 6.36. The van der Waals surface area contributed by atoms with Gasteiger partial charge in [0.1, 0.15) is 0 Å². The summed E-state index contributed by atoms with van der Waals surface area (Å²) in [6.07, 6.45) is 1.86. The first-order valence-electron chi connectivity index (χ1n) is 8.68. The van der Waals surface area contributed by atoms with Crippen LogP contribution in [0.4, 0.5) is 0 Å². The monoisotopic (exact) mass is 404 g/mol. The van der Waals surface area contributed by atoms with Gasteiger partial charge >= 0.3 is 0 Å². The third-order valence-electron chi connectivity index (χ3n) is 4.14. The van der Waals surface area contributed by atoms with Crippen molar-refractivity contribution in [3.05, 3.63) is 58.4 Å². The zero-order chi connectivity index (χ0) is 20.7. The van der Waals surface area contributed by atoms with Gasteiger partial charge in [0.2, 0.25) is 5.91 Å². The van der Waals surface area contributed by atoms with E-state index < -0.39 is 5.91 Å². The number of carbonyl (C=O) groups is 2. The number of primary amides is 1. The third kappa shape index (κ3) is 6.02. The number of halogens is 1. The van der Waals surface area contributed by atoms with E-state index >= 15 is 0 Å². The van der Waals surface area contributed by atoms with Gasteiger partial charge in [0.05, 0.1) is 18.1 Å². The Labute approximate surface area is 169 Å². The molecule has 0 radical (unpaired) electrons. The van der Waals surface area contributed by atoms with E-state index in [1.165, 1.54) is 0 Å². The average molecular weight is 405 g/mol. The van der Waals surface area contributed by atoms with Crippen LogP contribution in [0.25, 0.3) is 0 Å². The molecule has 0 spiro atoms. The molecule has 4 N–H and O–H groups in total. The normalized spacial score (nSPS) is 11.2. The Morgan fingerprint density at radius 3 is 2.46 bits per heavy atom. The van der Waals surface area contributed by atoms with Crippen LogP contribution >= 0.6 is 11.6 Å². The second kappa shape index (κ2) is 9.80. The number of carbonyl (C=O) groups excluding carboxylic acids is 2. The molecule has 2 aromatic rings. The first kappa shape index (κ1) is 21.3. The number of aliphatic imine (C=N–C) groups is 1. The molecule has 1 aromatic carbocycles. The number of nitrogens with zero attached hydrogens (tertiary/aromatic N) is 3. The van der Waals surface area contributed by atoms with Gasteiger partial charge in [-0.1, -0.05) is 23.7 Å². The summed E-state index contributed by atoms with van der Waals surface area (Å²) in [7, 11) is 5.62. The fourth-order valence-corrected chi connectivity index (χ4v) is 2.92. The highest BCUT2D eigenvalue weighted by Crippen LogP contribution is 2.14. The van der Waals surface area contributed by atoms with E-state index in [9.17, 15) is 9.59 Å². The van der Waals surface area contributed by atoms with Crippen molar-refractivity contribution < 1.29 is 9.59 Å². The van der Waals surface area contributed by atoms with Crippen LogP contribution < -0.4 is 16.4 Å². The van der Waals surface area contributed by atoms with Crippen LogP contribution in [0.2, 0.25) is 5.02 Å². The quantitative estimate of drug-likeness (QED) is 0.474. The van der Waals surface area contributed by atoms with Gasteiger partial charge in [0, 0.05) is 45.1 Å². The Morgan fingerprint density at radius 2 is 1.93 bits per heavy atom. The van der Waals surface area contributed by atoms with E-state index in [0.29, 0.717) is 23.7 Å². The topological polar surface area (TPSA) is 105 Å². The maximum absolute atomic E-state index is 11.9. The standard InChI is InChI=1S/C19H25ClN6O2/c1-22-19(26(3)12-16-8-15(20)11-25(16)2)24-9-13-4-6-14(7-5-13)18(28)23-10-17(21)27/h4-8,11H,9-10,12H2,1-3H3,(H2,21,27)(H,22,24)(H,23,28). The molecule has 9 heteroatoms. The van der Waals surface area contributed by atoms with Crippen molar-refractivity contribution in [1.29, 1.82) is 0 Å². The van der Waals surface area contributed by atoms with Gasteiger partial charge < -0.3 is 25.8 Å². The summed E-state index contributed by atoms with van der Waals surface area (Å²) in [4.78, 5) is 28.9. The van der Waals surface area contributed by atoms with Gasteiger partial charge in [-0.2, -0.15) is 0 Å². The lowest BCUT2D eigenvalue weighted by Gasteiger charge is -2.22. The van der Waals surface area contributed by atoms with Crippen molar-refractivity contribution in [3.63, 3.8) is 0 Å². The largest absolute Gasteiger partial charge is 0.368 e. The van der Waals surface area contributed by atoms with Crippen molar-refractivity contribution in [2.45, 2.75) is 13.1 Å². The highest BCUT2D eigenvalue weighted by atomic mass is 35.5. The van der Waals surface area contributed by atoms with E-state index in [2.05, 4.69) is 15.6 Å². The number of nitrogens with two attached hydrogens (primary N) is 1. The minimum Gasteiger partial charge on any atom is -0.368 e. The Hall–Kier alpha value is -3.00. The average Bonchev–Trinajstić information content (AvgIpc) is 2.97. The van der Waals surface area contributed by atoms with E-state index in [0.717, 1.165) is 17.2 Å². The lowest BCUT2D eigenvalue weighted by molar-refractivity contribution is -0.117. The zero-order valence-electron chi connectivity index (χ0n) is 16.2. The van der Waals surface area contributed by atoms with Gasteiger partial charge in [0.25, 0.3) is 5.91 Å². The van der Waals surface area contributed by atoms with Crippen LogP contribution in [0.15, 0.2) is 41.5 Å². The first-order valence-corrected chi connectivity index (χ1v) is 9.06. The molecule has 0 aliphatic heterocycles. The summed E-state index contributed by atoms with van der Waals surface area (Å²) in [6.45, 7) is 1.02. The van der Waals surface area contributed by atoms with E-state index in [1.54, 1.807) is 19.2 Å². The van der Waals surface area contributed by atoms with Crippen molar-refractivity contribution in [3.8, 4) is 0 Å². The minimum absolute atomic E-state index is 0.183. The predicted molar refractivity (Wildman–Crippen MR) is 110 cm³/mol. The van der Waals surface area contributed by atoms with E-state index in [4.69, 9.17) is 17.3 Å². The van der Waals surface area contributed by atoms with Crippen LogP contribution in [0.5, 0.6) is 0 Å². The fourth-order valence-electron chi connectivity index (χ4n) is 2.65. The third-order valence-corrected chi connectivity index (χ3v) is 4.34. The fraction of sp³-hybridized carbons (Fsp3) is 0.316. The first-order chi connectivity index (χ1) is 13.3. The van der Waals surface area contributed by atoms with Crippen LogP contribution in [0.3, 0.4) is 0 Å². The number of hydrogen-bond acceptors (Lipinski definition) is 3. The second-order valence-corrected chi connectivity index (χ2v) is 6.80. The molecule has 2 rings (SSSR count). The van der Waals surface area contributed by atoms with Gasteiger partial charge in [-0.05, 0) is 23.8 Å². The van der Waals surface area contributed by atoms with Crippen molar-refractivity contribution in [1.82, 2.24) is 20.1 Å². The summed E-state index contributed by atoms with van der Waals surface area (Å²) < 4.78 is 1.98. The van der Waals surface area contributed by atoms with Crippen molar-refractivity contribution >= 4 is 29.4 Å². The molecule has 0 bridgehead atoms. The highest BCUT2D eigenvalue weighted by molar-refractivity contribution is 6.30. The van der Waals surface area contributed by atoms with Gasteiger partial charge in [-0.3, -0.25) is 14.6 Å². The van der Waals surface area contributed by atoms with Crippen LogP contribution in [0, 0.1) is 0 Å². The maximum atomic E-state index is 11.9. The van der Waals surface area contributed by atoms with Crippen LogP contribution in [-0.2, 0) is 24.9 Å². The molecule has 28 heavy (non-hydrogen) atoms. The molecule has 0 aliphatic rings. The number of aromatic nitrogens is 1. The van der Waals surface area contributed by atoms with Gasteiger partial charge in [-0.25, -0.2) is 0 Å². The molecule has 2 amide bonds. The Bertz CT molecular complexity index is 860. The zero-order valence-corrected chi connectivity index (χ0v) is 17.0. The number of benzene rings is 1. The Morgan fingerprint density at radius 1 is 1.25 bits per heavy atom. The SMILES string of the molecule is CN=C(NCc1ccc(C(=O)NCC(N)=O)cc1)N(C)Cc1cc(Cl)cn1C. The Balaban J connectivity index is 1.91. The summed E-state index contributed by atoms with van der Waals surface area (Å²) >= 11 is 6.04. The number of guanidine groups is 1. The summed E-state index contributed by atoms with van der Waals surface area (Å²) in [5.41, 5.74) is 7.55. The van der Waals surface area contributed by atoms with Crippen molar-refractivity contribution in [2.75, 3.05) is 20.6 Å². The molecular weight excluding hydrogens is 380 g/mol. The molecule has 0 atom stereocenters. The van der Waals surface area contributed by atoms with Crippen LogP contribution in [0.1, 0.15) is 21.6 Å². The molecule has 0 saturated carbocycles. The number of nitrogens with one attached hydrogen (secondary N) is 2. The smallest absolute Gasteiger partial charge is 0.251 e. The van der Waals surface area contributed by atoms with Crippen LogP contribution in [-0.4, -0.2) is 47.9 Å². The van der Waals surface area contributed by atoms with Crippen molar-refractivity contribution in [2.24, 2.45) is 17.8 Å². The lowest BCUT2D eigenvalue weighted by atomic mass is 10.1. The number of amides is 2. The molecule has 150 valence electrons. The molecule has 0 aliphatic carbocycles. The number of hydrogen-bond donors (Lipinski definition) is 3. The molecule has 1 heterocycles. The summed E-state index contributed by atoms with van der Waals surface area (Å²) in [5.74, 6) is -0.182. The number of aryl methyl sites for hydroxylation is 1. The molecule has 1 aromatic heterocycles. The Kier molecular flexibility index (Phi) is 7.45. The molecule has 0 unspecified atom stereocenters. The van der Waals surface area contributed by atoms with E-state index in [1.807, 2.05) is 48.0 Å². The number of rotatable bonds is 7. The minimum atomic E-state index is -0.581. The van der Waals surface area contributed by atoms with Gasteiger partial charge in [0.15, 0.2) is 5.96 Å².